The Hall–Kier alpha value is -1.30. The molecule has 1 saturated heterocycles. The second-order valence-corrected chi connectivity index (χ2v) is 6.57. The topological polar surface area (TPSA) is 51.7 Å². The number of carbonyl (C=O) groups is 1. The molecular weight excluding hydrogens is 324 g/mol. The largest absolute Gasteiger partial charge is 0.475 e. The van der Waals surface area contributed by atoms with Crippen LogP contribution < -0.4 is 4.74 Å². The molecule has 0 aliphatic carbocycles. The first kappa shape index (κ1) is 15.1. The number of halogens is 1. The molecule has 6 heteroatoms. The zero-order valence-corrected chi connectivity index (χ0v) is 13.5. The van der Waals surface area contributed by atoms with Crippen LogP contribution in [0.25, 0.3) is 0 Å². The van der Waals surface area contributed by atoms with Crippen molar-refractivity contribution in [3.05, 3.63) is 22.8 Å². The van der Waals surface area contributed by atoms with Crippen LogP contribution in [-0.4, -0.2) is 40.8 Å². The van der Waals surface area contributed by atoms with E-state index < -0.39 is 5.60 Å². The number of ether oxygens (including phenoxy) is 2. The lowest BCUT2D eigenvalue weighted by molar-refractivity contribution is -0.0145. The molecule has 0 radical (unpaired) electrons. The summed E-state index contributed by atoms with van der Waals surface area (Å²) < 4.78 is 11.8. The number of likely N-dealkylation sites (tertiary alicyclic amines) is 1. The first-order chi connectivity index (χ1) is 9.37. The Labute approximate surface area is 127 Å². The van der Waals surface area contributed by atoms with Crippen molar-refractivity contribution in [1.29, 1.82) is 0 Å². The van der Waals surface area contributed by atoms with Crippen molar-refractivity contribution in [2.24, 2.45) is 0 Å². The average Bonchev–Trinajstić information content (AvgIpc) is 2.27. The van der Waals surface area contributed by atoms with Gasteiger partial charge in [0.1, 0.15) is 12.2 Å². The van der Waals surface area contributed by atoms with Crippen molar-refractivity contribution >= 4 is 22.0 Å². The van der Waals surface area contributed by atoms with Crippen LogP contribution >= 0.6 is 15.9 Å². The fourth-order valence-corrected chi connectivity index (χ4v) is 2.20. The van der Waals surface area contributed by atoms with Gasteiger partial charge in [-0.2, -0.15) is 0 Å². The zero-order valence-electron chi connectivity index (χ0n) is 11.9. The van der Waals surface area contributed by atoms with Crippen molar-refractivity contribution in [1.82, 2.24) is 9.88 Å². The van der Waals surface area contributed by atoms with Crippen LogP contribution in [0.15, 0.2) is 22.8 Å². The molecule has 1 aromatic heterocycles. The second-order valence-electron chi connectivity index (χ2n) is 5.72. The Morgan fingerprint density at radius 2 is 2.30 bits per heavy atom. The number of hydrogen-bond acceptors (Lipinski definition) is 4. The van der Waals surface area contributed by atoms with E-state index in [1.54, 1.807) is 11.1 Å². The normalized spacial score (nSPS) is 18.4. The number of rotatable bonds is 3. The summed E-state index contributed by atoms with van der Waals surface area (Å²) in [7, 11) is 0. The molecule has 110 valence electrons. The maximum atomic E-state index is 12.0. The summed E-state index contributed by atoms with van der Waals surface area (Å²) in [5.41, 5.74) is -0.470. The molecular formula is C14H19BrN2O3. The number of carbonyl (C=O) groups excluding carboxylic acids is 1. The maximum Gasteiger partial charge on any atom is 0.410 e. The SMILES string of the molecule is CC(C)(C)OC(=O)N1CC[C@@H]1COc1ncccc1Br. The van der Waals surface area contributed by atoms with E-state index in [9.17, 15) is 4.79 Å². The van der Waals surface area contributed by atoms with E-state index in [0.29, 0.717) is 19.0 Å². The molecule has 1 atom stereocenters. The number of hydrogen-bond donors (Lipinski definition) is 0. The van der Waals surface area contributed by atoms with Gasteiger partial charge in [0.25, 0.3) is 0 Å². The van der Waals surface area contributed by atoms with Crippen LogP contribution in [0, 0.1) is 0 Å². The predicted octanol–water partition coefficient (Wildman–Crippen LogP) is 3.23. The van der Waals surface area contributed by atoms with E-state index in [1.807, 2.05) is 32.9 Å². The number of nitrogens with zero attached hydrogens (tertiary/aromatic N) is 2. The van der Waals surface area contributed by atoms with Crippen LogP contribution in [-0.2, 0) is 4.74 Å². The second kappa shape index (κ2) is 5.99. The minimum atomic E-state index is -0.470. The standard InChI is InChI=1S/C14H19BrN2O3/c1-14(2,3)20-13(18)17-8-6-10(17)9-19-12-11(15)5-4-7-16-12/h4-5,7,10H,6,8-9H2,1-3H3/t10-/m1/s1. The molecule has 0 bridgehead atoms. The fraction of sp³-hybridized carbons (Fsp3) is 0.571. The van der Waals surface area contributed by atoms with Crippen LogP contribution in [0.3, 0.4) is 0 Å². The van der Waals surface area contributed by atoms with Gasteiger partial charge < -0.3 is 14.4 Å². The zero-order chi connectivity index (χ0) is 14.8. The van der Waals surface area contributed by atoms with Gasteiger partial charge in [0, 0.05) is 12.7 Å². The van der Waals surface area contributed by atoms with Gasteiger partial charge in [-0.3, -0.25) is 0 Å². The molecule has 0 N–H and O–H groups in total. The molecule has 0 spiro atoms. The van der Waals surface area contributed by atoms with Gasteiger partial charge in [0.05, 0.1) is 10.5 Å². The van der Waals surface area contributed by atoms with E-state index in [1.165, 1.54) is 0 Å². The van der Waals surface area contributed by atoms with Crippen molar-refractivity contribution in [2.45, 2.75) is 38.8 Å². The smallest absolute Gasteiger partial charge is 0.410 e. The Morgan fingerprint density at radius 1 is 1.55 bits per heavy atom. The summed E-state index contributed by atoms with van der Waals surface area (Å²) in [6, 6.07) is 3.75. The quantitative estimate of drug-likeness (QED) is 0.846. The summed E-state index contributed by atoms with van der Waals surface area (Å²) in [6.07, 6.45) is 2.31. The van der Waals surface area contributed by atoms with Gasteiger partial charge in [-0.05, 0) is 55.3 Å². The first-order valence-electron chi connectivity index (χ1n) is 6.60. The minimum Gasteiger partial charge on any atom is -0.475 e. The van der Waals surface area contributed by atoms with Gasteiger partial charge in [-0.15, -0.1) is 0 Å². The monoisotopic (exact) mass is 342 g/mol. The Kier molecular flexibility index (Phi) is 4.52. The minimum absolute atomic E-state index is 0.0544. The summed E-state index contributed by atoms with van der Waals surface area (Å²) in [5.74, 6) is 0.545. The van der Waals surface area contributed by atoms with E-state index in [-0.39, 0.29) is 12.1 Å². The van der Waals surface area contributed by atoms with E-state index in [0.717, 1.165) is 10.9 Å². The molecule has 2 rings (SSSR count). The molecule has 0 saturated carbocycles. The lowest BCUT2D eigenvalue weighted by atomic mass is 10.1. The van der Waals surface area contributed by atoms with E-state index in [4.69, 9.17) is 9.47 Å². The van der Waals surface area contributed by atoms with Crippen molar-refractivity contribution in [2.75, 3.05) is 13.2 Å². The summed E-state index contributed by atoms with van der Waals surface area (Å²) in [4.78, 5) is 17.8. The molecule has 2 heterocycles. The van der Waals surface area contributed by atoms with Gasteiger partial charge >= 0.3 is 6.09 Å². The van der Waals surface area contributed by atoms with Gasteiger partial charge in [-0.25, -0.2) is 9.78 Å². The Bertz CT molecular complexity index is 488. The highest BCUT2D eigenvalue weighted by Crippen LogP contribution is 2.25. The number of pyridine rings is 1. The summed E-state index contributed by atoms with van der Waals surface area (Å²) >= 11 is 3.38. The third kappa shape index (κ3) is 3.85. The number of amides is 1. The first-order valence-corrected chi connectivity index (χ1v) is 7.39. The van der Waals surface area contributed by atoms with Gasteiger partial charge in [-0.1, -0.05) is 0 Å². The van der Waals surface area contributed by atoms with E-state index in [2.05, 4.69) is 20.9 Å². The van der Waals surface area contributed by atoms with Crippen LogP contribution in [0.4, 0.5) is 4.79 Å². The van der Waals surface area contributed by atoms with Crippen molar-refractivity contribution < 1.29 is 14.3 Å². The molecule has 20 heavy (non-hydrogen) atoms. The maximum absolute atomic E-state index is 12.0. The highest BCUT2D eigenvalue weighted by atomic mass is 79.9. The molecule has 0 aromatic carbocycles. The lowest BCUT2D eigenvalue weighted by Crippen LogP contribution is -2.55. The average molecular weight is 343 g/mol. The highest BCUT2D eigenvalue weighted by Gasteiger charge is 2.35. The van der Waals surface area contributed by atoms with Crippen LogP contribution in [0.2, 0.25) is 0 Å². The van der Waals surface area contributed by atoms with Crippen LogP contribution in [0.5, 0.6) is 5.88 Å². The molecule has 1 aromatic rings. The molecule has 1 aliphatic heterocycles. The van der Waals surface area contributed by atoms with Gasteiger partial charge in [0.15, 0.2) is 0 Å². The van der Waals surface area contributed by atoms with Crippen LogP contribution in [0.1, 0.15) is 27.2 Å². The predicted molar refractivity (Wildman–Crippen MR) is 78.8 cm³/mol. The van der Waals surface area contributed by atoms with Crippen molar-refractivity contribution in [3.8, 4) is 5.88 Å². The third-order valence-electron chi connectivity index (χ3n) is 2.91. The molecule has 0 unspecified atom stereocenters. The highest BCUT2D eigenvalue weighted by molar-refractivity contribution is 9.10. The molecule has 1 aliphatic rings. The summed E-state index contributed by atoms with van der Waals surface area (Å²) in [5, 5.41) is 0. The van der Waals surface area contributed by atoms with E-state index >= 15 is 0 Å². The number of aromatic nitrogens is 1. The molecule has 1 fully saturated rings. The summed E-state index contributed by atoms with van der Waals surface area (Å²) in [6.45, 7) is 6.73. The van der Waals surface area contributed by atoms with Crippen molar-refractivity contribution in [3.63, 3.8) is 0 Å². The lowest BCUT2D eigenvalue weighted by Gasteiger charge is -2.40. The third-order valence-corrected chi connectivity index (χ3v) is 3.51. The van der Waals surface area contributed by atoms with Gasteiger partial charge in [0.2, 0.25) is 5.88 Å². The Balaban J connectivity index is 1.86. The molecule has 1 amide bonds. The Morgan fingerprint density at radius 3 is 2.85 bits per heavy atom. The fourth-order valence-electron chi connectivity index (χ4n) is 1.83. The molecule has 5 nitrogen and oxygen atoms in total.